The second-order valence-corrected chi connectivity index (χ2v) is 7.12. The van der Waals surface area contributed by atoms with Crippen LogP contribution < -0.4 is 5.32 Å². The highest BCUT2D eigenvalue weighted by Gasteiger charge is 2.22. The third kappa shape index (κ3) is 3.97. The Balaban J connectivity index is 1.39. The first-order chi connectivity index (χ1) is 11.6. The SMILES string of the molecule is Cc1nnsc1C(=O)NCCN1CCN(C(=O)c2ccsc2)CC1. The Morgan fingerprint density at radius 2 is 2.08 bits per heavy atom. The molecule has 128 valence electrons. The lowest BCUT2D eigenvalue weighted by Gasteiger charge is -2.34. The maximum absolute atomic E-state index is 12.3. The maximum Gasteiger partial charge on any atom is 0.264 e. The fraction of sp³-hybridized carbons (Fsp3) is 0.467. The predicted molar refractivity (Wildman–Crippen MR) is 93.6 cm³/mol. The van der Waals surface area contributed by atoms with Crippen LogP contribution in [0.5, 0.6) is 0 Å². The molecule has 0 bridgehead atoms. The van der Waals surface area contributed by atoms with Crippen molar-refractivity contribution in [1.82, 2.24) is 24.7 Å². The molecule has 2 amide bonds. The summed E-state index contributed by atoms with van der Waals surface area (Å²) in [7, 11) is 0. The Bertz CT molecular complexity index is 693. The number of thiophene rings is 1. The van der Waals surface area contributed by atoms with E-state index in [1.165, 1.54) is 11.3 Å². The van der Waals surface area contributed by atoms with Crippen molar-refractivity contribution in [3.05, 3.63) is 33.0 Å². The van der Waals surface area contributed by atoms with E-state index in [-0.39, 0.29) is 11.8 Å². The van der Waals surface area contributed by atoms with Gasteiger partial charge in [0, 0.05) is 44.6 Å². The van der Waals surface area contributed by atoms with Gasteiger partial charge < -0.3 is 10.2 Å². The average molecular weight is 365 g/mol. The smallest absolute Gasteiger partial charge is 0.264 e. The van der Waals surface area contributed by atoms with Crippen molar-refractivity contribution in [3.63, 3.8) is 0 Å². The lowest BCUT2D eigenvalue weighted by atomic mass is 10.2. The van der Waals surface area contributed by atoms with Gasteiger partial charge in [-0.3, -0.25) is 14.5 Å². The van der Waals surface area contributed by atoms with Gasteiger partial charge in [-0.15, -0.1) is 5.10 Å². The molecule has 0 unspecified atom stereocenters. The molecule has 0 spiro atoms. The van der Waals surface area contributed by atoms with Gasteiger partial charge in [-0.25, -0.2) is 0 Å². The van der Waals surface area contributed by atoms with Crippen LogP contribution >= 0.6 is 22.9 Å². The summed E-state index contributed by atoms with van der Waals surface area (Å²) in [4.78, 5) is 29.0. The standard InChI is InChI=1S/C15H19N5O2S2/c1-11-13(24-18-17-11)14(21)16-3-4-19-5-7-20(8-6-19)15(22)12-2-9-23-10-12/h2,9-10H,3-8H2,1H3,(H,16,21). The fourth-order valence-corrected chi connectivity index (χ4v) is 3.79. The van der Waals surface area contributed by atoms with Crippen LogP contribution in [0, 0.1) is 6.92 Å². The summed E-state index contributed by atoms with van der Waals surface area (Å²) in [5, 5.41) is 10.6. The molecule has 3 heterocycles. The van der Waals surface area contributed by atoms with Gasteiger partial charge in [0.25, 0.3) is 11.8 Å². The zero-order valence-electron chi connectivity index (χ0n) is 13.4. The van der Waals surface area contributed by atoms with Gasteiger partial charge in [0.05, 0.1) is 11.3 Å². The highest BCUT2D eigenvalue weighted by Crippen LogP contribution is 2.12. The number of carbonyl (C=O) groups excluding carboxylic acids is 2. The van der Waals surface area contributed by atoms with Crippen LogP contribution in [0.25, 0.3) is 0 Å². The lowest BCUT2D eigenvalue weighted by molar-refractivity contribution is 0.0638. The molecule has 2 aromatic heterocycles. The average Bonchev–Trinajstić information content (AvgIpc) is 3.26. The number of piperazine rings is 1. The summed E-state index contributed by atoms with van der Waals surface area (Å²) in [5.74, 6) is -0.00820. The van der Waals surface area contributed by atoms with Gasteiger partial charge in [-0.2, -0.15) is 11.3 Å². The summed E-state index contributed by atoms with van der Waals surface area (Å²) in [5.41, 5.74) is 1.44. The molecule has 0 saturated carbocycles. The van der Waals surface area contributed by atoms with Crippen molar-refractivity contribution >= 4 is 34.7 Å². The van der Waals surface area contributed by atoms with Crippen LogP contribution in [0.1, 0.15) is 25.7 Å². The molecule has 0 atom stereocenters. The van der Waals surface area contributed by atoms with Crippen molar-refractivity contribution in [3.8, 4) is 0 Å². The third-order valence-corrected chi connectivity index (χ3v) is 5.51. The second kappa shape index (κ2) is 7.82. The number of nitrogens with one attached hydrogen (secondary N) is 1. The molecular weight excluding hydrogens is 346 g/mol. The zero-order valence-corrected chi connectivity index (χ0v) is 15.0. The van der Waals surface area contributed by atoms with Crippen molar-refractivity contribution in [2.45, 2.75) is 6.92 Å². The van der Waals surface area contributed by atoms with E-state index in [2.05, 4.69) is 19.8 Å². The summed E-state index contributed by atoms with van der Waals surface area (Å²) < 4.78 is 3.77. The van der Waals surface area contributed by atoms with E-state index < -0.39 is 0 Å². The Labute approximate surface area is 148 Å². The van der Waals surface area contributed by atoms with Crippen LogP contribution in [-0.2, 0) is 0 Å². The molecule has 0 radical (unpaired) electrons. The predicted octanol–water partition coefficient (Wildman–Crippen LogP) is 1.10. The number of aryl methyl sites for hydroxylation is 1. The molecule has 3 rings (SSSR count). The largest absolute Gasteiger partial charge is 0.350 e. The number of carbonyl (C=O) groups is 2. The van der Waals surface area contributed by atoms with Crippen molar-refractivity contribution in [2.75, 3.05) is 39.3 Å². The molecule has 24 heavy (non-hydrogen) atoms. The highest BCUT2D eigenvalue weighted by atomic mass is 32.1. The van der Waals surface area contributed by atoms with E-state index in [0.29, 0.717) is 17.1 Å². The van der Waals surface area contributed by atoms with Crippen LogP contribution in [-0.4, -0.2) is 70.5 Å². The van der Waals surface area contributed by atoms with Crippen LogP contribution in [0.4, 0.5) is 0 Å². The normalized spacial score (nSPS) is 15.5. The molecule has 0 aromatic carbocycles. The van der Waals surface area contributed by atoms with Crippen molar-refractivity contribution in [2.24, 2.45) is 0 Å². The molecule has 0 aliphatic carbocycles. The first-order valence-electron chi connectivity index (χ1n) is 7.76. The molecule has 7 nitrogen and oxygen atoms in total. The minimum absolute atomic E-state index is 0.109. The second-order valence-electron chi connectivity index (χ2n) is 5.59. The summed E-state index contributed by atoms with van der Waals surface area (Å²) in [6.45, 7) is 6.23. The Hall–Kier alpha value is -1.84. The quantitative estimate of drug-likeness (QED) is 0.858. The minimum Gasteiger partial charge on any atom is -0.350 e. The number of amides is 2. The van der Waals surface area contributed by atoms with Crippen LogP contribution in [0.2, 0.25) is 0 Å². The third-order valence-electron chi connectivity index (χ3n) is 4.00. The van der Waals surface area contributed by atoms with Gasteiger partial charge in [-0.05, 0) is 29.9 Å². The molecule has 1 fully saturated rings. The van der Waals surface area contributed by atoms with Crippen LogP contribution in [0.3, 0.4) is 0 Å². The lowest BCUT2D eigenvalue weighted by Crippen LogP contribution is -2.50. The minimum atomic E-state index is -0.117. The van der Waals surface area contributed by atoms with Gasteiger partial charge in [-0.1, -0.05) is 4.49 Å². The fourth-order valence-electron chi connectivity index (χ4n) is 2.59. The molecule has 2 aromatic rings. The summed E-state index contributed by atoms with van der Waals surface area (Å²) >= 11 is 2.66. The van der Waals surface area contributed by atoms with E-state index in [9.17, 15) is 9.59 Å². The van der Waals surface area contributed by atoms with E-state index in [0.717, 1.165) is 49.8 Å². The molecule has 1 aliphatic heterocycles. The number of hydrogen-bond donors (Lipinski definition) is 1. The zero-order chi connectivity index (χ0) is 16.9. The maximum atomic E-state index is 12.3. The number of aromatic nitrogens is 2. The van der Waals surface area contributed by atoms with Crippen LogP contribution in [0.15, 0.2) is 16.8 Å². The van der Waals surface area contributed by atoms with Crippen molar-refractivity contribution in [1.29, 1.82) is 0 Å². The topological polar surface area (TPSA) is 78.4 Å². The van der Waals surface area contributed by atoms with Gasteiger partial charge in [0.1, 0.15) is 4.88 Å². The summed E-state index contributed by atoms with van der Waals surface area (Å²) in [6, 6.07) is 1.87. The Morgan fingerprint density at radius 1 is 1.29 bits per heavy atom. The molecule has 1 N–H and O–H groups in total. The van der Waals surface area contributed by atoms with Gasteiger partial charge >= 0.3 is 0 Å². The first kappa shape index (κ1) is 17.0. The molecule has 1 saturated heterocycles. The van der Waals surface area contributed by atoms with Crippen molar-refractivity contribution < 1.29 is 9.59 Å². The number of nitrogens with zero attached hydrogens (tertiary/aromatic N) is 4. The number of hydrogen-bond acceptors (Lipinski definition) is 7. The van der Waals surface area contributed by atoms with Gasteiger partial charge in [0.15, 0.2) is 0 Å². The van der Waals surface area contributed by atoms with Gasteiger partial charge in [0.2, 0.25) is 0 Å². The molecular formula is C15H19N5O2S2. The monoisotopic (exact) mass is 365 g/mol. The Kier molecular flexibility index (Phi) is 5.54. The van der Waals surface area contributed by atoms with E-state index in [1.807, 2.05) is 21.7 Å². The highest BCUT2D eigenvalue weighted by molar-refractivity contribution is 7.08. The van der Waals surface area contributed by atoms with E-state index >= 15 is 0 Å². The number of rotatable bonds is 5. The molecule has 9 heteroatoms. The summed E-state index contributed by atoms with van der Waals surface area (Å²) in [6.07, 6.45) is 0. The first-order valence-corrected chi connectivity index (χ1v) is 9.48. The Morgan fingerprint density at radius 3 is 2.71 bits per heavy atom. The van der Waals surface area contributed by atoms with E-state index in [4.69, 9.17) is 0 Å². The van der Waals surface area contributed by atoms with E-state index in [1.54, 1.807) is 6.92 Å². The molecule has 1 aliphatic rings.